The van der Waals surface area contributed by atoms with E-state index in [4.69, 9.17) is 0 Å². The molecule has 0 aliphatic heterocycles. The number of carbonyl (C=O) groups is 2. The highest BCUT2D eigenvalue weighted by molar-refractivity contribution is 6.00. The molecule has 0 radical (unpaired) electrons. The van der Waals surface area contributed by atoms with Crippen LogP contribution in [0.5, 0.6) is 0 Å². The van der Waals surface area contributed by atoms with Crippen LogP contribution < -0.4 is 5.32 Å². The van der Waals surface area contributed by atoms with E-state index in [2.05, 4.69) is 5.32 Å². The monoisotopic (exact) mass is 191 g/mol. The number of rotatable bonds is 5. The van der Waals surface area contributed by atoms with Crippen LogP contribution in [0.4, 0.5) is 0 Å². The Morgan fingerprint density at radius 1 is 1.43 bits per heavy atom. The Morgan fingerprint density at radius 2 is 2.07 bits per heavy atom. The van der Waals surface area contributed by atoms with Gasteiger partial charge in [-0.15, -0.1) is 0 Å². The van der Waals surface area contributed by atoms with Gasteiger partial charge in [-0.05, 0) is 6.42 Å². The molecule has 0 spiro atoms. The van der Waals surface area contributed by atoms with Crippen molar-refractivity contribution in [1.82, 2.24) is 5.32 Å². The molecule has 1 aromatic carbocycles. The summed E-state index contributed by atoms with van der Waals surface area (Å²) in [5, 5.41) is 2.50. The van der Waals surface area contributed by atoms with E-state index in [0.717, 1.165) is 0 Å². The second-order valence-corrected chi connectivity index (χ2v) is 2.98. The van der Waals surface area contributed by atoms with Gasteiger partial charge in [-0.1, -0.05) is 37.3 Å². The molecule has 1 atom stereocenters. The van der Waals surface area contributed by atoms with E-state index in [1.807, 2.05) is 13.0 Å². The maximum absolute atomic E-state index is 11.7. The van der Waals surface area contributed by atoms with Gasteiger partial charge in [0.2, 0.25) is 6.41 Å². The number of ketones is 1. The summed E-state index contributed by atoms with van der Waals surface area (Å²) in [6.07, 6.45) is 1.17. The third-order valence-electron chi connectivity index (χ3n) is 2.05. The molecule has 0 saturated heterocycles. The number of amides is 1. The molecule has 1 amide bonds. The van der Waals surface area contributed by atoms with Crippen molar-refractivity contribution in [2.24, 2.45) is 0 Å². The quantitative estimate of drug-likeness (QED) is 0.564. The van der Waals surface area contributed by atoms with E-state index in [1.54, 1.807) is 24.3 Å². The number of benzene rings is 1. The van der Waals surface area contributed by atoms with Crippen LogP contribution in [0.3, 0.4) is 0 Å². The molecule has 0 fully saturated rings. The zero-order chi connectivity index (χ0) is 10.4. The topological polar surface area (TPSA) is 46.2 Å². The van der Waals surface area contributed by atoms with E-state index in [-0.39, 0.29) is 5.78 Å². The number of nitrogens with one attached hydrogen (secondary N) is 1. The summed E-state index contributed by atoms with van der Waals surface area (Å²) in [5.41, 5.74) is 0.633. The molecule has 1 rings (SSSR count). The second kappa shape index (κ2) is 5.17. The van der Waals surface area contributed by atoms with Gasteiger partial charge < -0.3 is 5.32 Å². The van der Waals surface area contributed by atoms with Gasteiger partial charge in [0.25, 0.3) is 0 Å². The number of carbonyl (C=O) groups excluding carboxylic acids is 2. The minimum absolute atomic E-state index is 0.0415. The van der Waals surface area contributed by atoms with Crippen molar-refractivity contribution >= 4 is 12.2 Å². The maximum Gasteiger partial charge on any atom is 0.207 e. The third kappa shape index (κ3) is 2.42. The Bertz CT molecular complexity index is 308. The van der Waals surface area contributed by atoms with Gasteiger partial charge in [0.1, 0.15) is 0 Å². The van der Waals surface area contributed by atoms with Gasteiger partial charge in [0, 0.05) is 5.56 Å². The smallest absolute Gasteiger partial charge is 0.207 e. The van der Waals surface area contributed by atoms with Crippen molar-refractivity contribution in [2.45, 2.75) is 19.4 Å². The third-order valence-corrected chi connectivity index (χ3v) is 2.05. The van der Waals surface area contributed by atoms with Crippen LogP contribution in [0.15, 0.2) is 30.3 Å². The highest BCUT2D eigenvalue weighted by Gasteiger charge is 2.16. The first-order chi connectivity index (χ1) is 6.79. The first kappa shape index (κ1) is 10.4. The van der Waals surface area contributed by atoms with Crippen LogP contribution in [0.2, 0.25) is 0 Å². The highest BCUT2D eigenvalue weighted by Crippen LogP contribution is 2.05. The Balaban J connectivity index is 2.78. The van der Waals surface area contributed by atoms with Gasteiger partial charge in [0.05, 0.1) is 6.04 Å². The summed E-state index contributed by atoms with van der Waals surface area (Å²) in [5.74, 6) is -0.0415. The van der Waals surface area contributed by atoms with Crippen molar-refractivity contribution in [1.29, 1.82) is 0 Å². The second-order valence-electron chi connectivity index (χ2n) is 2.98. The molecule has 3 nitrogen and oxygen atoms in total. The van der Waals surface area contributed by atoms with E-state index in [1.165, 1.54) is 0 Å². The standard InChI is InChI=1S/C11H13NO2/c1-2-10(12-8-13)11(14)9-6-4-3-5-7-9/h3-8,10H,2H2,1H3,(H,12,13). The molecule has 0 aliphatic carbocycles. The Morgan fingerprint density at radius 3 is 2.57 bits per heavy atom. The number of hydrogen-bond acceptors (Lipinski definition) is 2. The minimum atomic E-state index is -0.408. The summed E-state index contributed by atoms with van der Waals surface area (Å²) in [4.78, 5) is 22.0. The van der Waals surface area contributed by atoms with Crippen LogP contribution in [0, 0.1) is 0 Å². The van der Waals surface area contributed by atoms with Crippen molar-refractivity contribution < 1.29 is 9.59 Å². The fourth-order valence-corrected chi connectivity index (χ4v) is 1.26. The van der Waals surface area contributed by atoms with Gasteiger partial charge >= 0.3 is 0 Å². The fraction of sp³-hybridized carbons (Fsp3) is 0.273. The summed E-state index contributed by atoms with van der Waals surface area (Å²) in [6.45, 7) is 1.86. The van der Waals surface area contributed by atoms with Crippen LogP contribution in [-0.2, 0) is 4.79 Å². The first-order valence-corrected chi connectivity index (χ1v) is 4.58. The molecule has 1 N–H and O–H groups in total. The molecule has 1 unspecified atom stereocenters. The number of Topliss-reactive ketones (excluding diaryl/α,β-unsaturated/α-hetero) is 1. The predicted molar refractivity (Wildman–Crippen MR) is 54.1 cm³/mol. The average Bonchev–Trinajstić information content (AvgIpc) is 2.26. The van der Waals surface area contributed by atoms with Crippen LogP contribution in [0.25, 0.3) is 0 Å². The van der Waals surface area contributed by atoms with E-state index in [0.29, 0.717) is 18.4 Å². The van der Waals surface area contributed by atoms with E-state index >= 15 is 0 Å². The fourth-order valence-electron chi connectivity index (χ4n) is 1.26. The Hall–Kier alpha value is -1.64. The van der Waals surface area contributed by atoms with Crippen molar-refractivity contribution in [3.05, 3.63) is 35.9 Å². The first-order valence-electron chi connectivity index (χ1n) is 4.58. The van der Waals surface area contributed by atoms with E-state index in [9.17, 15) is 9.59 Å². The molecule has 0 heterocycles. The lowest BCUT2D eigenvalue weighted by molar-refractivity contribution is -0.110. The molecule has 3 heteroatoms. The maximum atomic E-state index is 11.7. The molecular formula is C11H13NO2. The molecule has 0 aliphatic rings. The SMILES string of the molecule is CCC(NC=O)C(=O)c1ccccc1. The molecule has 74 valence electrons. The van der Waals surface area contributed by atoms with Crippen molar-refractivity contribution in [3.8, 4) is 0 Å². The molecular weight excluding hydrogens is 178 g/mol. The van der Waals surface area contributed by atoms with E-state index < -0.39 is 6.04 Å². The normalized spacial score (nSPS) is 11.8. The highest BCUT2D eigenvalue weighted by atomic mass is 16.1. The minimum Gasteiger partial charge on any atom is -0.348 e. The summed E-state index contributed by atoms with van der Waals surface area (Å²) >= 11 is 0. The van der Waals surface area contributed by atoms with Crippen molar-refractivity contribution in [2.75, 3.05) is 0 Å². The largest absolute Gasteiger partial charge is 0.348 e. The molecule has 1 aromatic rings. The molecule has 14 heavy (non-hydrogen) atoms. The van der Waals surface area contributed by atoms with Gasteiger partial charge in [0.15, 0.2) is 5.78 Å². The Kier molecular flexibility index (Phi) is 3.85. The van der Waals surface area contributed by atoms with Crippen molar-refractivity contribution in [3.63, 3.8) is 0 Å². The molecule has 0 bridgehead atoms. The van der Waals surface area contributed by atoms with Gasteiger partial charge in [-0.2, -0.15) is 0 Å². The lowest BCUT2D eigenvalue weighted by Gasteiger charge is -2.11. The Labute approximate surface area is 83.1 Å². The zero-order valence-corrected chi connectivity index (χ0v) is 8.07. The molecule has 0 saturated carbocycles. The zero-order valence-electron chi connectivity index (χ0n) is 8.07. The van der Waals surface area contributed by atoms with Gasteiger partial charge in [-0.3, -0.25) is 9.59 Å². The van der Waals surface area contributed by atoms with Crippen LogP contribution in [-0.4, -0.2) is 18.2 Å². The van der Waals surface area contributed by atoms with Crippen LogP contribution >= 0.6 is 0 Å². The lowest BCUT2D eigenvalue weighted by Crippen LogP contribution is -2.35. The van der Waals surface area contributed by atoms with Gasteiger partial charge in [-0.25, -0.2) is 0 Å². The number of hydrogen-bond donors (Lipinski definition) is 1. The summed E-state index contributed by atoms with van der Waals surface area (Å²) in [6, 6.07) is 8.55. The summed E-state index contributed by atoms with van der Waals surface area (Å²) < 4.78 is 0. The average molecular weight is 191 g/mol. The molecule has 0 aromatic heterocycles. The lowest BCUT2D eigenvalue weighted by atomic mass is 10.0. The van der Waals surface area contributed by atoms with Crippen LogP contribution in [0.1, 0.15) is 23.7 Å². The predicted octanol–water partition coefficient (Wildman–Crippen LogP) is 1.39. The summed E-state index contributed by atoms with van der Waals surface area (Å²) in [7, 11) is 0.